The van der Waals surface area contributed by atoms with Gasteiger partial charge < -0.3 is 20.1 Å². The number of aromatic nitrogens is 2. The van der Waals surface area contributed by atoms with Crippen molar-refractivity contribution in [2.75, 3.05) is 6.61 Å². The maximum absolute atomic E-state index is 14.4. The second kappa shape index (κ2) is 8.58. The molecule has 0 spiro atoms. The summed E-state index contributed by atoms with van der Waals surface area (Å²) in [6.45, 7) is -1.12. The van der Waals surface area contributed by atoms with Gasteiger partial charge in [0.05, 0.1) is 6.61 Å². The van der Waals surface area contributed by atoms with Crippen molar-refractivity contribution in [2.45, 2.75) is 60.3 Å². The van der Waals surface area contributed by atoms with E-state index in [9.17, 15) is 76.9 Å². The van der Waals surface area contributed by atoms with Crippen LogP contribution in [0.4, 0.5) is 57.1 Å². The summed E-state index contributed by atoms with van der Waals surface area (Å²) in [7, 11) is 0. The molecule has 208 valence electrons. The van der Waals surface area contributed by atoms with Gasteiger partial charge in [0.1, 0.15) is 23.9 Å². The van der Waals surface area contributed by atoms with Crippen molar-refractivity contribution in [1.29, 1.82) is 0 Å². The van der Waals surface area contributed by atoms with Gasteiger partial charge in [0.25, 0.3) is 5.56 Å². The van der Waals surface area contributed by atoms with Crippen molar-refractivity contribution in [1.82, 2.24) is 9.55 Å². The third kappa shape index (κ3) is 3.95. The zero-order chi connectivity index (χ0) is 28.4. The summed E-state index contributed by atoms with van der Waals surface area (Å²) < 4.78 is 178. The van der Waals surface area contributed by atoms with Gasteiger partial charge in [0, 0.05) is 6.20 Å². The molecule has 4 N–H and O–H groups in total. The molecular weight excluding hydrogens is 551 g/mol. The minimum atomic E-state index is -8.21. The standard InChI is InChI=1S/C15H11F13N2O6/c16-10(17,11(18,19)12(20,21)13(22,23)14(24,25)15(26,27)28)3-1-30(9(35)29-7(3)34)8-6(33)5(32)4(2-31)36-8/h1,4-6,8,31-33H,2H2,(H,29,34,35). The highest BCUT2D eigenvalue weighted by Gasteiger charge is 2.91. The van der Waals surface area contributed by atoms with Crippen molar-refractivity contribution in [3.8, 4) is 0 Å². The number of halogens is 13. The average molecular weight is 562 g/mol. The van der Waals surface area contributed by atoms with E-state index in [1.807, 2.05) is 0 Å². The number of nitrogens with one attached hydrogen (secondary N) is 1. The van der Waals surface area contributed by atoms with E-state index in [-0.39, 0.29) is 0 Å². The molecule has 1 fully saturated rings. The van der Waals surface area contributed by atoms with Crippen LogP contribution in [0.15, 0.2) is 15.8 Å². The number of ether oxygens (including phenoxy) is 1. The number of aliphatic hydroxyl groups excluding tert-OH is 3. The topological polar surface area (TPSA) is 125 Å². The van der Waals surface area contributed by atoms with Crippen LogP contribution in [0.2, 0.25) is 0 Å². The Morgan fingerprint density at radius 1 is 0.806 bits per heavy atom. The lowest BCUT2D eigenvalue weighted by Gasteiger charge is -2.39. The van der Waals surface area contributed by atoms with Gasteiger partial charge in [-0.15, -0.1) is 0 Å². The molecule has 2 rings (SSSR count). The van der Waals surface area contributed by atoms with Gasteiger partial charge in [0.2, 0.25) is 0 Å². The number of aliphatic hydroxyl groups is 3. The van der Waals surface area contributed by atoms with E-state index >= 15 is 0 Å². The van der Waals surface area contributed by atoms with E-state index in [4.69, 9.17) is 5.11 Å². The van der Waals surface area contributed by atoms with Crippen LogP contribution in [0.1, 0.15) is 11.8 Å². The predicted octanol–water partition coefficient (Wildman–Crippen LogP) is 1.34. The van der Waals surface area contributed by atoms with E-state index in [1.54, 1.807) is 0 Å². The van der Waals surface area contributed by atoms with Crippen LogP contribution in [-0.2, 0) is 10.7 Å². The molecule has 0 aliphatic carbocycles. The summed E-state index contributed by atoms with van der Waals surface area (Å²) in [5.41, 5.74) is -7.69. The molecule has 0 aromatic carbocycles. The van der Waals surface area contributed by atoms with Gasteiger partial charge in [-0.25, -0.2) is 4.79 Å². The lowest BCUT2D eigenvalue weighted by molar-refractivity contribution is -0.441. The number of alkyl halides is 13. The summed E-state index contributed by atoms with van der Waals surface area (Å²) in [5, 5.41) is 28.3. The van der Waals surface area contributed by atoms with Crippen LogP contribution < -0.4 is 11.2 Å². The fourth-order valence-electron chi connectivity index (χ4n) is 2.95. The number of nitrogens with zero attached hydrogens (tertiary/aromatic N) is 1. The molecule has 36 heavy (non-hydrogen) atoms. The summed E-state index contributed by atoms with van der Waals surface area (Å²) >= 11 is 0. The van der Waals surface area contributed by atoms with Crippen LogP contribution in [0.3, 0.4) is 0 Å². The van der Waals surface area contributed by atoms with Crippen LogP contribution in [0, 0.1) is 0 Å². The molecule has 1 aromatic rings. The molecule has 0 saturated carbocycles. The largest absolute Gasteiger partial charge is 0.460 e. The van der Waals surface area contributed by atoms with Gasteiger partial charge in [-0.1, -0.05) is 0 Å². The van der Waals surface area contributed by atoms with Crippen LogP contribution in [0.25, 0.3) is 0 Å². The maximum Gasteiger partial charge on any atom is 0.460 e. The molecule has 0 amide bonds. The predicted molar refractivity (Wildman–Crippen MR) is 84.1 cm³/mol. The SMILES string of the molecule is O=c1[nH]c(=O)n(C2OC(CO)C(O)C2O)cc1C(F)(F)C(F)(F)C(F)(F)C(F)(F)C(F)(F)C(F)(F)F. The molecule has 1 saturated heterocycles. The molecule has 21 heteroatoms. The number of hydrogen-bond acceptors (Lipinski definition) is 6. The lowest BCUT2D eigenvalue weighted by Crippen LogP contribution is -2.69. The van der Waals surface area contributed by atoms with Crippen molar-refractivity contribution in [3.05, 3.63) is 32.6 Å². The monoisotopic (exact) mass is 562 g/mol. The molecular formula is C15H11F13N2O6. The molecule has 0 radical (unpaired) electrons. The maximum atomic E-state index is 14.4. The van der Waals surface area contributed by atoms with Crippen LogP contribution in [0.5, 0.6) is 0 Å². The molecule has 1 aliphatic heterocycles. The van der Waals surface area contributed by atoms with Crippen molar-refractivity contribution in [2.24, 2.45) is 0 Å². The van der Waals surface area contributed by atoms with Crippen molar-refractivity contribution >= 4 is 0 Å². The molecule has 1 aliphatic rings. The normalized spacial score (nSPS) is 24.9. The second-order valence-corrected chi connectivity index (χ2v) is 7.31. The summed E-state index contributed by atoms with van der Waals surface area (Å²) in [4.78, 5) is 24.3. The van der Waals surface area contributed by atoms with Crippen LogP contribution >= 0.6 is 0 Å². The van der Waals surface area contributed by atoms with E-state index in [0.717, 1.165) is 4.98 Å². The molecule has 4 unspecified atom stereocenters. The Bertz CT molecular complexity index is 1100. The zero-order valence-corrected chi connectivity index (χ0v) is 16.5. The Kier molecular flexibility index (Phi) is 7.11. The highest BCUT2D eigenvalue weighted by molar-refractivity contribution is 5.21. The Morgan fingerprint density at radius 3 is 1.69 bits per heavy atom. The fraction of sp³-hybridized carbons (Fsp3) is 0.733. The minimum absolute atomic E-state index is 0.453. The third-order valence-corrected chi connectivity index (χ3v) is 5.03. The first-order chi connectivity index (χ1) is 15.9. The molecule has 2 heterocycles. The van der Waals surface area contributed by atoms with Crippen molar-refractivity contribution < 1.29 is 77.1 Å². The van der Waals surface area contributed by atoms with E-state index in [1.165, 1.54) is 0 Å². The minimum Gasteiger partial charge on any atom is -0.394 e. The number of hydrogen-bond donors (Lipinski definition) is 4. The molecule has 1 aromatic heterocycles. The van der Waals surface area contributed by atoms with E-state index < -0.39 is 94.5 Å². The molecule has 4 atom stereocenters. The smallest absolute Gasteiger partial charge is 0.394 e. The van der Waals surface area contributed by atoms with E-state index in [0.29, 0.717) is 0 Å². The number of aromatic amines is 1. The van der Waals surface area contributed by atoms with Crippen LogP contribution in [-0.4, -0.2) is 79.7 Å². The second-order valence-electron chi connectivity index (χ2n) is 7.31. The van der Waals surface area contributed by atoms with Gasteiger partial charge in [0.15, 0.2) is 6.23 Å². The van der Waals surface area contributed by atoms with Gasteiger partial charge in [-0.05, 0) is 0 Å². The highest BCUT2D eigenvalue weighted by Crippen LogP contribution is 2.61. The first-order valence-electron chi connectivity index (χ1n) is 8.86. The number of H-pyrrole nitrogens is 1. The van der Waals surface area contributed by atoms with Gasteiger partial charge >= 0.3 is 41.5 Å². The Hall–Kier alpha value is -2.39. The first kappa shape index (κ1) is 29.8. The zero-order valence-electron chi connectivity index (χ0n) is 16.5. The Morgan fingerprint density at radius 2 is 1.28 bits per heavy atom. The Balaban J connectivity index is 2.70. The first-order valence-corrected chi connectivity index (χ1v) is 8.86. The summed E-state index contributed by atoms with van der Waals surface area (Å²) in [6, 6.07) is 0. The van der Waals surface area contributed by atoms with Gasteiger partial charge in [-0.3, -0.25) is 14.3 Å². The third-order valence-electron chi connectivity index (χ3n) is 5.03. The number of rotatable bonds is 7. The molecule has 8 nitrogen and oxygen atoms in total. The highest BCUT2D eigenvalue weighted by atomic mass is 19.4. The lowest BCUT2D eigenvalue weighted by atomic mass is 9.91. The molecule has 0 bridgehead atoms. The fourth-order valence-corrected chi connectivity index (χ4v) is 2.95. The summed E-state index contributed by atoms with van der Waals surface area (Å²) in [5.74, 6) is -39.3. The van der Waals surface area contributed by atoms with E-state index in [2.05, 4.69) is 4.74 Å². The summed E-state index contributed by atoms with van der Waals surface area (Å²) in [6.07, 6.45) is -17.1. The van der Waals surface area contributed by atoms with Crippen molar-refractivity contribution in [3.63, 3.8) is 0 Å². The quantitative estimate of drug-likeness (QED) is 0.372. The Labute approximate surface area is 187 Å². The average Bonchev–Trinajstić information content (AvgIpc) is 3.00. The van der Waals surface area contributed by atoms with Gasteiger partial charge in [-0.2, -0.15) is 57.1 Å².